The Morgan fingerprint density at radius 3 is 2.46 bits per heavy atom. The minimum absolute atomic E-state index is 0.0246. The van der Waals surface area contributed by atoms with E-state index in [4.69, 9.17) is 56.5 Å². The molecule has 0 aliphatic rings. The van der Waals surface area contributed by atoms with E-state index in [1.54, 1.807) is 55.0 Å². The number of benzene rings is 2. The lowest BCUT2D eigenvalue weighted by molar-refractivity contribution is 0.140. The number of hydrogen-bond donors (Lipinski definition) is 0. The highest BCUT2D eigenvalue weighted by atomic mass is 35.5. The molecule has 3 rings (SSSR count). The molecule has 0 fully saturated rings. The summed E-state index contributed by atoms with van der Waals surface area (Å²) in [6.07, 6.45) is 4.71. The molecule has 0 amide bonds. The van der Waals surface area contributed by atoms with Gasteiger partial charge in [0.05, 0.1) is 12.9 Å². The van der Waals surface area contributed by atoms with Crippen LogP contribution in [0, 0.1) is 0 Å². The summed E-state index contributed by atoms with van der Waals surface area (Å²) < 4.78 is 13.3. The zero-order chi connectivity index (χ0) is 18.5. The molecule has 0 aliphatic carbocycles. The molecule has 8 heteroatoms. The van der Waals surface area contributed by atoms with Crippen molar-refractivity contribution in [3.8, 4) is 5.75 Å². The van der Waals surface area contributed by atoms with Gasteiger partial charge in [0.15, 0.2) is 0 Å². The van der Waals surface area contributed by atoms with Crippen LogP contribution in [0.4, 0.5) is 0 Å². The topological polar surface area (TPSA) is 36.3 Å². The number of nitrogens with zero attached hydrogens (tertiary/aromatic N) is 2. The van der Waals surface area contributed by atoms with Crippen LogP contribution in [0.1, 0.15) is 11.7 Å². The van der Waals surface area contributed by atoms with Gasteiger partial charge in [0.1, 0.15) is 11.9 Å². The van der Waals surface area contributed by atoms with E-state index in [-0.39, 0.29) is 5.24 Å². The number of thiocarbonyl (C=S) groups is 1. The first kappa shape index (κ1) is 19.0. The smallest absolute Gasteiger partial charge is 0.358 e. The summed E-state index contributed by atoms with van der Waals surface area (Å²) >= 11 is 23.4. The fourth-order valence-electron chi connectivity index (χ4n) is 2.29. The zero-order valence-corrected chi connectivity index (χ0v) is 16.4. The molecule has 0 bridgehead atoms. The normalized spacial score (nSPS) is 11.8. The second kappa shape index (κ2) is 8.73. The van der Waals surface area contributed by atoms with Gasteiger partial charge in [-0.15, -0.1) is 0 Å². The minimum Gasteiger partial charge on any atom is -0.446 e. The van der Waals surface area contributed by atoms with Crippen LogP contribution < -0.4 is 4.74 Å². The molecule has 1 heterocycles. The Morgan fingerprint density at radius 1 is 1.08 bits per heavy atom. The van der Waals surface area contributed by atoms with Gasteiger partial charge in [-0.1, -0.05) is 40.9 Å². The zero-order valence-electron chi connectivity index (χ0n) is 13.3. The van der Waals surface area contributed by atoms with Gasteiger partial charge in [0.25, 0.3) is 0 Å². The first-order valence-corrected chi connectivity index (χ1v) is 9.10. The number of hydrogen-bond acceptors (Lipinski definition) is 4. The summed E-state index contributed by atoms with van der Waals surface area (Å²) in [5.74, 6) is 0.531. The maximum atomic E-state index is 6.34. The summed E-state index contributed by atoms with van der Waals surface area (Å²) in [4.78, 5) is 4.04. The van der Waals surface area contributed by atoms with Crippen LogP contribution in [0.3, 0.4) is 0 Å². The van der Waals surface area contributed by atoms with Crippen molar-refractivity contribution in [1.82, 2.24) is 9.55 Å². The Bertz CT molecular complexity index is 886. The highest BCUT2D eigenvalue weighted by Crippen LogP contribution is 2.30. The molecule has 4 nitrogen and oxygen atoms in total. The molecule has 0 aliphatic heterocycles. The van der Waals surface area contributed by atoms with Crippen molar-refractivity contribution in [1.29, 1.82) is 0 Å². The maximum absolute atomic E-state index is 6.34. The fraction of sp³-hybridized carbons (Fsp3) is 0.111. The molecule has 3 aromatic rings. The van der Waals surface area contributed by atoms with Gasteiger partial charge >= 0.3 is 5.24 Å². The fourth-order valence-corrected chi connectivity index (χ4v) is 3.16. The van der Waals surface area contributed by atoms with Gasteiger partial charge in [-0.3, -0.25) is 0 Å². The molecule has 1 atom stereocenters. The number of imidazole rings is 1. The summed E-state index contributed by atoms with van der Waals surface area (Å²) in [6.45, 7) is 0.450. The summed E-state index contributed by atoms with van der Waals surface area (Å²) in [5.41, 5.74) is 0.742. The summed E-state index contributed by atoms with van der Waals surface area (Å²) in [7, 11) is 0. The standard InChI is InChI=1S/C18H13Cl3N2O2S/c19-12-1-4-14(5-2-12)24-18(26)25-17(10-23-8-7-22-11-23)15-6-3-13(20)9-16(15)21/h1-9,11,17H,10H2. The van der Waals surface area contributed by atoms with Crippen molar-refractivity contribution >= 4 is 52.3 Å². The lowest BCUT2D eigenvalue weighted by Gasteiger charge is -2.21. The third-order valence-electron chi connectivity index (χ3n) is 3.50. The van der Waals surface area contributed by atoms with Gasteiger partial charge < -0.3 is 14.0 Å². The molecule has 26 heavy (non-hydrogen) atoms. The Hall–Kier alpha value is -1.79. The van der Waals surface area contributed by atoms with Crippen LogP contribution >= 0.6 is 47.0 Å². The summed E-state index contributed by atoms with van der Waals surface area (Å²) in [6, 6.07) is 12.0. The molecule has 0 N–H and O–H groups in total. The SMILES string of the molecule is S=C(Oc1ccc(Cl)cc1)OC(Cn1ccnc1)c1ccc(Cl)cc1Cl. The lowest BCUT2D eigenvalue weighted by Crippen LogP contribution is -2.19. The maximum Gasteiger partial charge on any atom is 0.358 e. The van der Waals surface area contributed by atoms with Gasteiger partial charge in [-0.05, 0) is 36.4 Å². The molecule has 0 radical (unpaired) electrons. The predicted molar refractivity (Wildman–Crippen MR) is 107 cm³/mol. The lowest BCUT2D eigenvalue weighted by atomic mass is 10.1. The van der Waals surface area contributed by atoms with Crippen LogP contribution in [-0.4, -0.2) is 14.8 Å². The highest BCUT2D eigenvalue weighted by Gasteiger charge is 2.20. The Morgan fingerprint density at radius 2 is 1.81 bits per heavy atom. The van der Waals surface area contributed by atoms with Gasteiger partial charge in [-0.25, -0.2) is 4.98 Å². The van der Waals surface area contributed by atoms with Crippen LogP contribution in [0.15, 0.2) is 61.2 Å². The first-order valence-electron chi connectivity index (χ1n) is 7.56. The van der Waals surface area contributed by atoms with Gasteiger partial charge in [-0.2, -0.15) is 0 Å². The molecule has 1 aromatic heterocycles. The average molecular weight is 428 g/mol. The Balaban J connectivity index is 1.78. The van der Waals surface area contributed by atoms with E-state index in [0.29, 0.717) is 27.4 Å². The van der Waals surface area contributed by atoms with E-state index in [0.717, 1.165) is 5.56 Å². The first-order chi connectivity index (χ1) is 12.5. The quantitative estimate of drug-likeness (QED) is 0.470. The molecule has 0 saturated carbocycles. The second-order valence-electron chi connectivity index (χ2n) is 5.34. The van der Waals surface area contributed by atoms with Crippen molar-refractivity contribution in [2.24, 2.45) is 0 Å². The van der Waals surface area contributed by atoms with Crippen molar-refractivity contribution in [3.05, 3.63) is 81.8 Å². The van der Waals surface area contributed by atoms with E-state index >= 15 is 0 Å². The third kappa shape index (κ3) is 5.11. The molecule has 0 saturated heterocycles. The van der Waals surface area contributed by atoms with Gasteiger partial charge in [0, 0.05) is 45.2 Å². The van der Waals surface area contributed by atoms with Crippen molar-refractivity contribution in [2.75, 3.05) is 0 Å². The number of aromatic nitrogens is 2. The van der Waals surface area contributed by atoms with E-state index in [2.05, 4.69) is 4.98 Å². The van der Waals surface area contributed by atoms with Crippen molar-refractivity contribution in [2.45, 2.75) is 12.6 Å². The average Bonchev–Trinajstić information content (AvgIpc) is 3.09. The molecule has 134 valence electrons. The minimum atomic E-state index is -0.478. The van der Waals surface area contributed by atoms with E-state index < -0.39 is 6.10 Å². The number of rotatable bonds is 5. The largest absolute Gasteiger partial charge is 0.446 e. The molecule has 2 aromatic carbocycles. The van der Waals surface area contributed by atoms with Crippen molar-refractivity contribution in [3.63, 3.8) is 0 Å². The Labute approximate surface area is 171 Å². The molecule has 1 unspecified atom stereocenters. The van der Waals surface area contributed by atoms with E-state index in [1.807, 2.05) is 10.8 Å². The predicted octanol–water partition coefficient (Wildman–Crippen LogP) is 5.97. The number of ether oxygens (including phenoxy) is 2. The number of halogens is 3. The van der Waals surface area contributed by atoms with Gasteiger partial charge in [0.2, 0.25) is 0 Å². The Kier molecular flexibility index (Phi) is 6.38. The van der Waals surface area contributed by atoms with E-state index in [9.17, 15) is 0 Å². The van der Waals surface area contributed by atoms with Crippen LogP contribution in [-0.2, 0) is 11.3 Å². The molecule has 0 spiro atoms. The van der Waals surface area contributed by atoms with Crippen LogP contribution in [0.2, 0.25) is 15.1 Å². The van der Waals surface area contributed by atoms with Crippen LogP contribution in [0.25, 0.3) is 0 Å². The highest BCUT2D eigenvalue weighted by molar-refractivity contribution is 7.79. The molecular weight excluding hydrogens is 415 g/mol. The van der Waals surface area contributed by atoms with Crippen molar-refractivity contribution < 1.29 is 9.47 Å². The summed E-state index contributed by atoms with van der Waals surface area (Å²) in [5, 5.41) is 1.61. The second-order valence-corrected chi connectivity index (χ2v) is 6.95. The third-order valence-corrected chi connectivity index (χ3v) is 4.49. The van der Waals surface area contributed by atoms with E-state index in [1.165, 1.54) is 0 Å². The van der Waals surface area contributed by atoms with Crippen LogP contribution in [0.5, 0.6) is 5.75 Å². The molecular formula is C18H13Cl3N2O2S. The monoisotopic (exact) mass is 426 g/mol.